The summed E-state index contributed by atoms with van der Waals surface area (Å²) in [7, 11) is 0. The van der Waals surface area contributed by atoms with Gasteiger partial charge in [0, 0.05) is 12.5 Å². The fraction of sp³-hybridized carbons (Fsp3) is 0.929. The Morgan fingerprint density at radius 3 is 2.47 bits per heavy atom. The molecule has 0 bridgehead atoms. The first-order chi connectivity index (χ1) is 8.13. The second kappa shape index (κ2) is 7.70. The topological polar surface area (TPSA) is 55.1 Å². The monoisotopic (exact) mass is 240 g/mol. The number of rotatable bonds is 6. The molecule has 0 aromatic carbocycles. The number of carbonyl (C=O) groups excluding carboxylic acids is 1. The van der Waals surface area contributed by atoms with E-state index in [9.17, 15) is 4.79 Å². The lowest BCUT2D eigenvalue weighted by atomic mass is 9.86. The Morgan fingerprint density at radius 1 is 1.29 bits per heavy atom. The fourth-order valence-electron chi connectivity index (χ4n) is 2.67. The van der Waals surface area contributed by atoms with Crippen LogP contribution in [-0.2, 0) is 4.79 Å². The number of amides is 1. The van der Waals surface area contributed by atoms with E-state index in [-0.39, 0.29) is 11.9 Å². The van der Waals surface area contributed by atoms with Crippen molar-refractivity contribution in [3.05, 3.63) is 0 Å². The molecule has 100 valence electrons. The zero-order chi connectivity index (χ0) is 12.7. The third kappa shape index (κ3) is 5.53. The van der Waals surface area contributed by atoms with Gasteiger partial charge in [-0.1, -0.05) is 33.1 Å². The molecule has 3 nitrogen and oxygen atoms in total. The molecule has 1 aliphatic rings. The lowest BCUT2D eigenvalue weighted by Gasteiger charge is -2.25. The standard InChI is InChI=1S/C14H28N2O/c1-11(2)13(8-9-15)16-14(17)10-12-6-4-3-5-7-12/h11-13H,3-10,15H2,1-2H3,(H,16,17). The Kier molecular flexibility index (Phi) is 6.56. The normalized spacial score (nSPS) is 19.3. The third-order valence-electron chi connectivity index (χ3n) is 3.83. The van der Waals surface area contributed by atoms with E-state index in [1.807, 2.05) is 0 Å². The average Bonchev–Trinajstić information content (AvgIpc) is 2.29. The van der Waals surface area contributed by atoms with Gasteiger partial charge in [-0.05, 0) is 37.6 Å². The van der Waals surface area contributed by atoms with Gasteiger partial charge in [0.25, 0.3) is 0 Å². The summed E-state index contributed by atoms with van der Waals surface area (Å²) in [5, 5.41) is 3.15. The molecule has 0 radical (unpaired) electrons. The van der Waals surface area contributed by atoms with Crippen LogP contribution < -0.4 is 11.1 Å². The smallest absolute Gasteiger partial charge is 0.220 e. The van der Waals surface area contributed by atoms with Gasteiger partial charge in [-0.3, -0.25) is 4.79 Å². The summed E-state index contributed by atoms with van der Waals surface area (Å²) in [6, 6.07) is 0.246. The highest BCUT2D eigenvalue weighted by atomic mass is 16.1. The quantitative estimate of drug-likeness (QED) is 0.749. The molecule has 0 saturated heterocycles. The summed E-state index contributed by atoms with van der Waals surface area (Å²) in [6.45, 7) is 4.93. The lowest BCUT2D eigenvalue weighted by molar-refractivity contribution is -0.123. The predicted molar refractivity (Wildman–Crippen MR) is 71.6 cm³/mol. The van der Waals surface area contributed by atoms with Crippen LogP contribution in [0.2, 0.25) is 0 Å². The lowest BCUT2D eigenvalue weighted by Crippen LogP contribution is -2.40. The maximum absolute atomic E-state index is 11.9. The molecule has 0 aromatic rings. The van der Waals surface area contributed by atoms with E-state index in [0.29, 0.717) is 24.8 Å². The second-order valence-electron chi connectivity index (χ2n) is 5.70. The summed E-state index contributed by atoms with van der Waals surface area (Å²) in [4.78, 5) is 11.9. The Hall–Kier alpha value is -0.570. The van der Waals surface area contributed by atoms with Crippen molar-refractivity contribution in [1.29, 1.82) is 0 Å². The Labute approximate surface area is 106 Å². The molecule has 3 N–H and O–H groups in total. The molecule has 1 rings (SSSR count). The Balaban J connectivity index is 2.30. The van der Waals surface area contributed by atoms with Crippen molar-refractivity contribution in [2.45, 2.75) is 64.8 Å². The number of nitrogens with two attached hydrogens (primary N) is 1. The SMILES string of the molecule is CC(C)C(CCN)NC(=O)CC1CCCCC1. The van der Waals surface area contributed by atoms with Gasteiger partial charge < -0.3 is 11.1 Å². The number of hydrogen-bond acceptors (Lipinski definition) is 2. The molecule has 0 heterocycles. The van der Waals surface area contributed by atoms with Crippen molar-refractivity contribution in [3.63, 3.8) is 0 Å². The van der Waals surface area contributed by atoms with Crippen LogP contribution in [0.1, 0.15) is 58.8 Å². The van der Waals surface area contributed by atoms with E-state index in [2.05, 4.69) is 19.2 Å². The van der Waals surface area contributed by atoms with Gasteiger partial charge in [0.1, 0.15) is 0 Å². The molecule has 0 spiro atoms. The third-order valence-corrected chi connectivity index (χ3v) is 3.83. The van der Waals surface area contributed by atoms with Crippen molar-refractivity contribution in [2.75, 3.05) is 6.54 Å². The van der Waals surface area contributed by atoms with Crippen LogP contribution in [0.15, 0.2) is 0 Å². The minimum atomic E-state index is 0.226. The van der Waals surface area contributed by atoms with E-state index in [4.69, 9.17) is 5.73 Å². The van der Waals surface area contributed by atoms with Crippen molar-refractivity contribution >= 4 is 5.91 Å². The zero-order valence-electron chi connectivity index (χ0n) is 11.4. The molecule has 1 amide bonds. The van der Waals surface area contributed by atoms with Crippen molar-refractivity contribution in [3.8, 4) is 0 Å². The van der Waals surface area contributed by atoms with Crippen LogP contribution in [0.4, 0.5) is 0 Å². The average molecular weight is 240 g/mol. The number of hydrogen-bond donors (Lipinski definition) is 2. The highest BCUT2D eigenvalue weighted by Crippen LogP contribution is 2.26. The van der Waals surface area contributed by atoms with Crippen molar-refractivity contribution in [1.82, 2.24) is 5.32 Å². The Bertz CT molecular complexity index is 222. The molecule has 1 atom stereocenters. The minimum Gasteiger partial charge on any atom is -0.353 e. The van der Waals surface area contributed by atoms with Crippen LogP contribution >= 0.6 is 0 Å². The van der Waals surface area contributed by atoms with Crippen LogP contribution in [-0.4, -0.2) is 18.5 Å². The summed E-state index contributed by atoms with van der Waals surface area (Å²) in [6.07, 6.45) is 8.01. The first kappa shape index (κ1) is 14.5. The summed E-state index contributed by atoms with van der Waals surface area (Å²) >= 11 is 0. The molecule has 1 aliphatic carbocycles. The molecule has 17 heavy (non-hydrogen) atoms. The molecule has 0 aliphatic heterocycles. The highest BCUT2D eigenvalue weighted by Gasteiger charge is 2.20. The highest BCUT2D eigenvalue weighted by molar-refractivity contribution is 5.76. The minimum absolute atomic E-state index is 0.226. The predicted octanol–water partition coefficient (Wildman–Crippen LogP) is 2.45. The summed E-state index contributed by atoms with van der Waals surface area (Å²) in [5.74, 6) is 1.31. The maximum Gasteiger partial charge on any atom is 0.220 e. The second-order valence-corrected chi connectivity index (χ2v) is 5.70. The molecule has 1 fully saturated rings. The van der Waals surface area contributed by atoms with Gasteiger partial charge in [0.05, 0.1) is 0 Å². The van der Waals surface area contributed by atoms with Gasteiger partial charge in [0.2, 0.25) is 5.91 Å². The maximum atomic E-state index is 11.9. The van der Waals surface area contributed by atoms with Gasteiger partial charge in [0.15, 0.2) is 0 Å². The van der Waals surface area contributed by atoms with E-state index in [1.54, 1.807) is 0 Å². The van der Waals surface area contributed by atoms with Crippen LogP contribution in [0.3, 0.4) is 0 Å². The largest absolute Gasteiger partial charge is 0.353 e. The van der Waals surface area contributed by atoms with Gasteiger partial charge in [-0.15, -0.1) is 0 Å². The Morgan fingerprint density at radius 2 is 1.94 bits per heavy atom. The van der Waals surface area contributed by atoms with E-state index in [0.717, 1.165) is 6.42 Å². The van der Waals surface area contributed by atoms with Crippen LogP contribution in [0.5, 0.6) is 0 Å². The van der Waals surface area contributed by atoms with E-state index in [1.165, 1.54) is 32.1 Å². The fourth-order valence-corrected chi connectivity index (χ4v) is 2.67. The molecular weight excluding hydrogens is 212 g/mol. The number of carbonyl (C=O) groups is 1. The number of nitrogens with one attached hydrogen (secondary N) is 1. The van der Waals surface area contributed by atoms with Gasteiger partial charge in [-0.25, -0.2) is 0 Å². The molecule has 1 unspecified atom stereocenters. The molecule has 0 aromatic heterocycles. The first-order valence-corrected chi connectivity index (χ1v) is 7.13. The van der Waals surface area contributed by atoms with Gasteiger partial charge >= 0.3 is 0 Å². The molecule has 1 saturated carbocycles. The first-order valence-electron chi connectivity index (χ1n) is 7.13. The molecular formula is C14H28N2O. The van der Waals surface area contributed by atoms with E-state index >= 15 is 0 Å². The van der Waals surface area contributed by atoms with E-state index < -0.39 is 0 Å². The zero-order valence-corrected chi connectivity index (χ0v) is 11.4. The van der Waals surface area contributed by atoms with Crippen molar-refractivity contribution in [2.24, 2.45) is 17.6 Å². The molecule has 3 heteroatoms. The summed E-state index contributed by atoms with van der Waals surface area (Å²) in [5.41, 5.74) is 5.58. The van der Waals surface area contributed by atoms with Crippen LogP contribution in [0.25, 0.3) is 0 Å². The van der Waals surface area contributed by atoms with Crippen molar-refractivity contribution < 1.29 is 4.79 Å². The van der Waals surface area contributed by atoms with Gasteiger partial charge in [-0.2, -0.15) is 0 Å². The van der Waals surface area contributed by atoms with Crippen LogP contribution in [0, 0.1) is 11.8 Å². The summed E-state index contributed by atoms with van der Waals surface area (Å²) < 4.78 is 0.